The summed E-state index contributed by atoms with van der Waals surface area (Å²) >= 11 is 3.56. The number of carbonyl (C=O) groups is 1. The third-order valence-corrected chi connectivity index (χ3v) is 4.96. The van der Waals surface area contributed by atoms with Gasteiger partial charge in [-0.15, -0.1) is 0 Å². The number of carbonyl (C=O) groups excluding carboxylic acids is 1. The van der Waals surface area contributed by atoms with E-state index in [1.54, 1.807) is 11.1 Å². The largest absolute Gasteiger partial charge is 0.360 e. The fourth-order valence-electron chi connectivity index (χ4n) is 3.02. The molecule has 1 atom stereocenters. The maximum absolute atomic E-state index is 13.0. The molecule has 1 amide bonds. The standard InChI is InChI=1S/C20H16BrN3O/c1-13-10-11-18(22-12-13)24-19(23-17-9-5-4-8-16(17)21)14-6-2-3-7-15(14)20(24)25/h2-12,19,23H,1H3. The Kier molecular flexibility index (Phi) is 4.01. The Morgan fingerprint density at radius 2 is 1.80 bits per heavy atom. The zero-order valence-corrected chi connectivity index (χ0v) is 15.2. The number of amides is 1. The lowest BCUT2D eigenvalue weighted by atomic mass is 10.1. The van der Waals surface area contributed by atoms with Crippen molar-refractivity contribution in [2.75, 3.05) is 10.2 Å². The van der Waals surface area contributed by atoms with E-state index >= 15 is 0 Å². The van der Waals surface area contributed by atoms with Crippen molar-refractivity contribution in [3.63, 3.8) is 0 Å². The molecule has 1 aliphatic heterocycles. The van der Waals surface area contributed by atoms with Crippen molar-refractivity contribution in [1.29, 1.82) is 0 Å². The monoisotopic (exact) mass is 393 g/mol. The minimum absolute atomic E-state index is 0.0449. The molecule has 0 saturated carbocycles. The number of hydrogen-bond donors (Lipinski definition) is 1. The zero-order valence-electron chi connectivity index (χ0n) is 13.6. The van der Waals surface area contributed by atoms with Gasteiger partial charge < -0.3 is 5.32 Å². The first-order valence-corrected chi connectivity index (χ1v) is 8.80. The summed E-state index contributed by atoms with van der Waals surface area (Å²) in [5, 5.41) is 3.48. The van der Waals surface area contributed by atoms with Crippen LogP contribution in [0, 0.1) is 6.92 Å². The van der Waals surface area contributed by atoms with Crippen LogP contribution in [0.3, 0.4) is 0 Å². The summed E-state index contributed by atoms with van der Waals surface area (Å²) in [5.74, 6) is 0.591. The van der Waals surface area contributed by atoms with Gasteiger partial charge in [-0.3, -0.25) is 9.69 Å². The van der Waals surface area contributed by atoms with E-state index in [9.17, 15) is 4.79 Å². The molecule has 0 bridgehead atoms. The lowest BCUT2D eigenvalue weighted by molar-refractivity contribution is 0.0992. The maximum atomic E-state index is 13.0. The van der Waals surface area contributed by atoms with Gasteiger partial charge in [-0.05, 0) is 52.7 Å². The number of hydrogen-bond acceptors (Lipinski definition) is 3. The van der Waals surface area contributed by atoms with Gasteiger partial charge in [-0.2, -0.15) is 0 Å². The molecular formula is C20H16BrN3O. The molecule has 0 radical (unpaired) electrons. The van der Waals surface area contributed by atoms with Crippen LogP contribution in [0.1, 0.15) is 27.7 Å². The van der Waals surface area contributed by atoms with Crippen LogP contribution in [0.15, 0.2) is 71.3 Å². The maximum Gasteiger partial charge on any atom is 0.261 e. The van der Waals surface area contributed by atoms with E-state index in [-0.39, 0.29) is 12.1 Å². The number of benzene rings is 2. The quantitative estimate of drug-likeness (QED) is 0.686. The van der Waals surface area contributed by atoms with Crippen LogP contribution in [0.4, 0.5) is 11.5 Å². The lowest BCUT2D eigenvalue weighted by Gasteiger charge is -2.26. The molecule has 0 fully saturated rings. The Balaban J connectivity index is 1.80. The Morgan fingerprint density at radius 1 is 1.04 bits per heavy atom. The third-order valence-electron chi connectivity index (χ3n) is 4.27. The molecule has 4 nitrogen and oxygen atoms in total. The van der Waals surface area contributed by atoms with Gasteiger partial charge in [0, 0.05) is 21.8 Å². The highest BCUT2D eigenvalue weighted by molar-refractivity contribution is 9.10. The van der Waals surface area contributed by atoms with Gasteiger partial charge in [0.1, 0.15) is 12.0 Å². The Hall–Kier alpha value is -2.66. The third kappa shape index (κ3) is 2.81. The fraction of sp³-hybridized carbons (Fsp3) is 0.100. The second-order valence-corrected chi connectivity index (χ2v) is 6.84. The molecule has 1 unspecified atom stereocenters. The molecule has 2 aromatic carbocycles. The number of rotatable bonds is 3. The van der Waals surface area contributed by atoms with Crippen molar-refractivity contribution in [3.8, 4) is 0 Å². The first kappa shape index (κ1) is 15.8. The summed E-state index contributed by atoms with van der Waals surface area (Å²) < 4.78 is 0.948. The summed E-state index contributed by atoms with van der Waals surface area (Å²) in [5.41, 5.74) is 3.64. The van der Waals surface area contributed by atoms with Gasteiger partial charge in [0.2, 0.25) is 0 Å². The molecule has 1 aromatic heterocycles. The second kappa shape index (κ2) is 6.33. The van der Waals surface area contributed by atoms with Crippen molar-refractivity contribution >= 4 is 33.3 Å². The zero-order chi connectivity index (χ0) is 17.4. The number of anilines is 2. The normalized spacial score (nSPS) is 16.0. The number of aryl methyl sites for hydroxylation is 1. The summed E-state index contributed by atoms with van der Waals surface area (Å²) in [7, 11) is 0. The first-order valence-electron chi connectivity index (χ1n) is 8.01. The van der Waals surface area contributed by atoms with E-state index < -0.39 is 0 Å². The number of nitrogens with one attached hydrogen (secondary N) is 1. The highest BCUT2D eigenvalue weighted by atomic mass is 79.9. The summed E-state index contributed by atoms with van der Waals surface area (Å²) in [6, 6.07) is 19.4. The number of halogens is 1. The van der Waals surface area contributed by atoms with Crippen molar-refractivity contribution in [1.82, 2.24) is 4.98 Å². The molecule has 4 rings (SSSR count). The van der Waals surface area contributed by atoms with Crippen LogP contribution < -0.4 is 10.2 Å². The number of fused-ring (bicyclic) bond motifs is 1. The Bertz CT molecular complexity index is 940. The predicted octanol–water partition coefficient (Wildman–Crippen LogP) is 4.92. The topological polar surface area (TPSA) is 45.2 Å². The number of nitrogens with zero attached hydrogens (tertiary/aromatic N) is 2. The van der Waals surface area contributed by atoms with Gasteiger partial charge >= 0.3 is 0 Å². The molecule has 3 aromatic rings. The van der Waals surface area contributed by atoms with Crippen molar-refractivity contribution in [3.05, 3.63) is 88.0 Å². The lowest BCUT2D eigenvalue weighted by Crippen LogP contribution is -2.33. The predicted molar refractivity (Wildman–Crippen MR) is 103 cm³/mol. The van der Waals surface area contributed by atoms with Gasteiger partial charge in [0.05, 0.1) is 5.69 Å². The first-order chi connectivity index (χ1) is 12.1. The van der Waals surface area contributed by atoms with E-state index in [1.807, 2.05) is 67.6 Å². The molecule has 25 heavy (non-hydrogen) atoms. The van der Waals surface area contributed by atoms with E-state index in [0.717, 1.165) is 21.3 Å². The van der Waals surface area contributed by atoms with E-state index in [1.165, 1.54) is 0 Å². The Labute approximate surface area is 154 Å². The van der Waals surface area contributed by atoms with Crippen LogP contribution in [-0.2, 0) is 0 Å². The number of aromatic nitrogens is 1. The van der Waals surface area contributed by atoms with Crippen LogP contribution in [-0.4, -0.2) is 10.9 Å². The fourth-order valence-corrected chi connectivity index (χ4v) is 3.42. The molecule has 1 aliphatic rings. The van der Waals surface area contributed by atoms with E-state index in [2.05, 4.69) is 26.2 Å². The van der Waals surface area contributed by atoms with Gasteiger partial charge in [0.25, 0.3) is 5.91 Å². The SMILES string of the molecule is Cc1ccc(N2C(=O)c3ccccc3C2Nc2ccccc2Br)nc1. The van der Waals surface area contributed by atoms with Gasteiger partial charge in [-0.25, -0.2) is 4.98 Å². The highest BCUT2D eigenvalue weighted by Gasteiger charge is 2.38. The van der Waals surface area contributed by atoms with E-state index in [0.29, 0.717) is 11.4 Å². The van der Waals surface area contributed by atoms with Crippen LogP contribution in [0.25, 0.3) is 0 Å². The van der Waals surface area contributed by atoms with Crippen LogP contribution in [0.2, 0.25) is 0 Å². The average Bonchev–Trinajstić information content (AvgIpc) is 2.90. The molecule has 0 spiro atoms. The minimum Gasteiger partial charge on any atom is -0.360 e. The molecule has 0 aliphatic carbocycles. The highest BCUT2D eigenvalue weighted by Crippen LogP contribution is 2.38. The second-order valence-electron chi connectivity index (χ2n) is 5.98. The molecular weight excluding hydrogens is 378 g/mol. The average molecular weight is 394 g/mol. The molecule has 2 heterocycles. The molecule has 5 heteroatoms. The minimum atomic E-state index is -0.308. The summed E-state index contributed by atoms with van der Waals surface area (Å²) in [6.45, 7) is 1.98. The summed E-state index contributed by atoms with van der Waals surface area (Å²) in [6.07, 6.45) is 1.47. The van der Waals surface area contributed by atoms with Crippen LogP contribution >= 0.6 is 15.9 Å². The van der Waals surface area contributed by atoms with Crippen molar-refractivity contribution in [2.45, 2.75) is 13.1 Å². The summed E-state index contributed by atoms with van der Waals surface area (Å²) in [4.78, 5) is 19.2. The van der Waals surface area contributed by atoms with Gasteiger partial charge in [0.15, 0.2) is 0 Å². The number of para-hydroxylation sites is 1. The smallest absolute Gasteiger partial charge is 0.261 e. The number of pyridine rings is 1. The van der Waals surface area contributed by atoms with E-state index in [4.69, 9.17) is 0 Å². The molecule has 1 N–H and O–H groups in total. The molecule has 124 valence electrons. The van der Waals surface area contributed by atoms with Crippen LogP contribution in [0.5, 0.6) is 0 Å². The molecule has 0 saturated heterocycles. The van der Waals surface area contributed by atoms with Crippen molar-refractivity contribution < 1.29 is 4.79 Å². The van der Waals surface area contributed by atoms with Gasteiger partial charge in [-0.1, -0.05) is 36.4 Å². The van der Waals surface area contributed by atoms with Crippen molar-refractivity contribution in [2.24, 2.45) is 0 Å². The Morgan fingerprint density at radius 3 is 2.56 bits per heavy atom.